The first-order valence-corrected chi connectivity index (χ1v) is 11.4. The van der Waals surface area contributed by atoms with Crippen LogP contribution in [-0.4, -0.2) is 30.5 Å². The van der Waals surface area contributed by atoms with Crippen molar-refractivity contribution >= 4 is 33.3 Å². The molecule has 4 aromatic rings. The number of pyridine rings is 1. The molecular weight excluding hydrogens is 408 g/mol. The molecule has 5 rings (SSSR count). The van der Waals surface area contributed by atoms with Crippen molar-refractivity contribution in [3.8, 4) is 0 Å². The van der Waals surface area contributed by atoms with Crippen molar-refractivity contribution in [2.45, 2.75) is 32.4 Å². The van der Waals surface area contributed by atoms with Crippen LogP contribution in [0.5, 0.6) is 0 Å². The van der Waals surface area contributed by atoms with Gasteiger partial charge in [0.25, 0.3) is 0 Å². The van der Waals surface area contributed by atoms with Crippen molar-refractivity contribution in [2.75, 3.05) is 11.9 Å². The Hall–Kier alpha value is -2.97. The van der Waals surface area contributed by atoms with Crippen LogP contribution < -0.4 is 11.0 Å². The van der Waals surface area contributed by atoms with E-state index >= 15 is 0 Å². The number of aromatic nitrogens is 4. The van der Waals surface area contributed by atoms with E-state index in [1.54, 1.807) is 20.5 Å². The third-order valence-corrected chi connectivity index (χ3v) is 6.93. The van der Waals surface area contributed by atoms with Gasteiger partial charge >= 0.3 is 5.69 Å². The summed E-state index contributed by atoms with van der Waals surface area (Å²) < 4.78 is 3.42. The number of hydrogen-bond acceptors (Lipinski definition) is 6. The largest absolute Gasteiger partial charge is 0.328 e. The Morgan fingerprint density at radius 2 is 1.97 bits per heavy atom. The third-order valence-electron chi connectivity index (χ3n) is 6.05. The molecular formula is C23H26N6OS. The number of fused-ring (bicyclic) bond motifs is 1. The lowest BCUT2D eigenvalue weighted by Gasteiger charge is -2.24. The molecule has 1 aliphatic heterocycles. The van der Waals surface area contributed by atoms with Crippen LogP contribution >= 0.6 is 11.3 Å². The first-order valence-electron chi connectivity index (χ1n) is 10.5. The smallest absolute Gasteiger partial charge is 0.316 e. The fourth-order valence-electron chi connectivity index (χ4n) is 4.46. The number of aryl methyl sites for hydroxylation is 3. The van der Waals surface area contributed by atoms with Crippen LogP contribution in [0.25, 0.3) is 11.0 Å². The second-order valence-electron chi connectivity index (χ2n) is 8.22. The maximum atomic E-state index is 12.2. The summed E-state index contributed by atoms with van der Waals surface area (Å²) in [5.74, 6) is 0.833. The van der Waals surface area contributed by atoms with Crippen LogP contribution in [0.1, 0.15) is 35.8 Å². The second kappa shape index (κ2) is 7.94. The fourth-order valence-corrected chi connectivity index (χ4v) is 5.16. The molecule has 0 radical (unpaired) electrons. The Balaban J connectivity index is 1.38. The lowest BCUT2D eigenvalue weighted by atomic mass is 10.1. The van der Waals surface area contributed by atoms with E-state index in [2.05, 4.69) is 45.5 Å². The molecule has 31 heavy (non-hydrogen) atoms. The van der Waals surface area contributed by atoms with Gasteiger partial charge in [-0.1, -0.05) is 12.1 Å². The number of hydrogen-bond donors (Lipinski definition) is 1. The van der Waals surface area contributed by atoms with Gasteiger partial charge in [-0.3, -0.25) is 14.0 Å². The first kappa shape index (κ1) is 20.0. The predicted molar refractivity (Wildman–Crippen MR) is 125 cm³/mol. The van der Waals surface area contributed by atoms with Crippen LogP contribution in [0, 0.1) is 6.92 Å². The Morgan fingerprint density at radius 1 is 1.13 bits per heavy atom. The summed E-state index contributed by atoms with van der Waals surface area (Å²) in [5.41, 5.74) is 5.27. The number of benzene rings is 1. The molecule has 0 aliphatic carbocycles. The molecule has 1 N–H and O–H groups in total. The number of nitrogens with zero attached hydrogens (tertiary/aromatic N) is 5. The number of rotatable bonds is 5. The van der Waals surface area contributed by atoms with Crippen LogP contribution in [0.15, 0.2) is 46.6 Å². The molecule has 1 aliphatic rings. The van der Waals surface area contributed by atoms with E-state index in [9.17, 15) is 4.79 Å². The molecule has 0 unspecified atom stereocenters. The highest BCUT2D eigenvalue weighted by Crippen LogP contribution is 2.33. The van der Waals surface area contributed by atoms with Crippen molar-refractivity contribution < 1.29 is 0 Å². The van der Waals surface area contributed by atoms with Gasteiger partial charge in [0.15, 0.2) is 5.13 Å². The molecule has 7 nitrogen and oxygen atoms in total. The van der Waals surface area contributed by atoms with E-state index in [0.29, 0.717) is 0 Å². The molecule has 4 heterocycles. The van der Waals surface area contributed by atoms with Gasteiger partial charge in [-0.15, -0.1) is 11.3 Å². The Morgan fingerprint density at radius 3 is 2.77 bits per heavy atom. The molecule has 0 amide bonds. The Kier molecular flexibility index (Phi) is 5.11. The van der Waals surface area contributed by atoms with Crippen LogP contribution in [0.2, 0.25) is 0 Å². The first-order chi connectivity index (χ1) is 15.0. The number of anilines is 2. The van der Waals surface area contributed by atoms with Gasteiger partial charge < -0.3 is 5.32 Å². The summed E-state index contributed by atoms with van der Waals surface area (Å²) in [6.07, 6.45) is 2.25. The molecule has 1 fully saturated rings. The summed E-state index contributed by atoms with van der Waals surface area (Å²) in [6, 6.07) is 12.8. The summed E-state index contributed by atoms with van der Waals surface area (Å²) in [6.45, 7) is 3.88. The zero-order valence-electron chi connectivity index (χ0n) is 18.0. The summed E-state index contributed by atoms with van der Waals surface area (Å²) in [7, 11) is 3.65. The topological polar surface area (TPSA) is 68.0 Å². The molecule has 0 bridgehead atoms. The molecule has 8 heteroatoms. The van der Waals surface area contributed by atoms with E-state index in [0.717, 1.165) is 59.3 Å². The summed E-state index contributed by atoms with van der Waals surface area (Å²) in [5, 5.41) is 6.23. The van der Waals surface area contributed by atoms with Crippen molar-refractivity contribution in [3.63, 3.8) is 0 Å². The normalized spacial score (nSPS) is 16.9. The number of imidazole rings is 1. The lowest BCUT2D eigenvalue weighted by molar-refractivity contribution is 0.244. The minimum absolute atomic E-state index is 0.00939. The Labute approximate surface area is 185 Å². The fraction of sp³-hybridized carbons (Fsp3) is 0.348. The van der Waals surface area contributed by atoms with Crippen molar-refractivity contribution in [2.24, 2.45) is 14.1 Å². The van der Waals surface area contributed by atoms with E-state index in [-0.39, 0.29) is 11.7 Å². The minimum Gasteiger partial charge on any atom is -0.316 e. The molecule has 1 saturated heterocycles. The van der Waals surface area contributed by atoms with Gasteiger partial charge in [-0.25, -0.2) is 14.8 Å². The average Bonchev–Trinajstić information content (AvgIpc) is 3.45. The maximum absolute atomic E-state index is 12.2. The molecule has 3 aromatic heterocycles. The molecule has 1 atom stereocenters. The van der Waals surface area contributed by atoms with Crippen molar-refractivity contribution in [1.82, 2.24) is 24.0 Å². The van der Waals surface area contributed by atoms with Crippen LogP contribution in [0.3, 0.4) is 0 Å². The van der Waals surface area contributed by atoms with Crippen LogP contribution in [0.4, 0.5) is 10.9 Å². The minimum atomic E-state index is 0.00939. The van der Waals surface area contributed by atoms with Gasteiger partial charge in [0.1, 0.15) is 5.82 Å². The predicted octanol–water partition coefficient (Wildman–Crippen LogP) is 4.12. The number of likely N-dealkylation sites (tertiary alicyclic amines) is 1. The standard InChI is InChI=1S/C23H26N6OS/c1-15-14-31-22(24-15)26-21-8-4-6-17(25-21)18-7-5-11-29(18)13-16-9-10-19-20(12-16)28(3)23(30)27(19)2/h4,6,8-10,12,14,18H,5,7,11,13H2,1-3H3,(H,24,25,26)/t18-/m0/s1. The second-order valence-corrected chi connectivity index (χ2v) is 9.08. The van der Waals surface area contributed by atoms with E-state index in [4.69, 9.17) is 4.98 Å². The van der Waals surface area contributed by atoms with E-state index in [1.807, 2.05) is 32.5 Å². The number of thiazole rings is 1. The Bertz CT molecular complexity index is 1300. The highest BCUT2D eigenvalue weighted by atomic mass is 32.1. The number of nitrogens with one attached hydrogen (secondary N) is 1. The van der Waals surface area contributed by atoms with Gasteiger partial charge in [-0.05, 0) is 56.1 Å². The van der Waals surface area contributed by atoms with Gasteiger partial charge in [0.05, 0.1) is 28.5 Å². The van der Waals surface area contributed by atoms with Gasteiger partial charge in [0, 0.05) is 26.0 Å². The zero-order chi connectivity index (χ0) is 21.5. The summed E-state index contributed by atoms with van der Waals surface area (Å²) in [4.78, 5) is 24.1. The lowest BCUT2D eigenvalue weighted by Crippen LogP contribution is -2.23. The monoisotopic (exact) mass is 434 g/mol. The molecule has 160 valence electrons. The highest BCUT2D eigenvalue weighted by Gasteiger charge is 2.27. The quantitative estimate of drug-likeness (QED) is 0.512. The molecule has 0 saturated carbocycles. The third kappa shape index (κ3) is 3.77. The van der Waals surface area contributed by atoms with E-state index < -0.39 is 0 Å². The van der Waals surface area contributed by atoms with Crippen LogP contribution in [-0.2, 0) is 20.6 Å². The van der Waals surface area contributed by atoms with Gasteiger partial charge in [-0.2, -0.15) is 0 Å². The van der Waals surface area contributed by atoms with Gasteiger partial charge in [0.2, 0.25) is 0 Å². The molecule has 0 spiro atoms. The zero-order valence-corrected chi connectivity index (χ0v) is 18.8. The SMILES string of the molecule is Cc1csc(Nc2cccc([C@@H]3CCCN3Cc3ccc4c(c3)n(C)c(=O)n4C)n2)n1. The maximum Gasteiger partial charge on any atom is 0.328 e. The van der Waals surface area contributed by atoms with E-state index in [1.165, 1.54) is 5.56 Å². The van der Waals surface area contributed by atoms with Crippen molar-refractivity contribution in [1.29, 1.82) is 0 Å². The summed E-state index contributed by atoms with van der Waals surface area (Å²) >= 11 is 1.59. The van der Waals surface area contributed by atoms with Crippen molar-refractivity contribution in [3.05, 3.63) is 69.2 Å². The average molecular weight is 435 g/mol. The highest BCUT2D eigenvalue weighted by molar-refractivity contribution is 7.13. The molecule has 1 aromatic carbocycles.